The molecule has 0 bridgehead atoms. The molecule has 0 aliphatic rings. The molecule has 18 heavy (non-hydrogen) atoms. The van der Waals surface area contributed by atoms with Crippen molar-refractivity contribution in [1.29, 1.82) is 0 Å². The van der Waals surface area contributed by atoms with E-state index in [1.807, 2.05) is 37.3 Å². The fourth-order valence-electron chi connectivity index (χ4n) is 1.52. The number of pyridine rings is 1. The zero-order chi connectivity index (χ0) is 13.0. The van der Waals surface area contributed by atoms with E-state index in [0.29, 0.717) is 12.4 Å². The molecule has 0 radical (unpaired) electrons. The van der Waals surface area contributed by atoms with E-state index in [-0.39, 0.29) is 0 Å². The number of nitrogen functional groups attached to an aromatic ring is 1. The summed E-state index contributed by atoms with van der Waals surface area (Å²) < 4.78 is 6.79. The second-order valence-electron chi connectivity index (χ2n) is 3.89. The van der Waals surface area contributed by atoms with Crippen LogP contribution in [-0.4, -0.2) is 4.98 Å². The Hall–Kier alpha value is -1.59. The van der Waals surface area contributed by atoms with Gasteiger partial charge in [-0.15, -0.1) is 0 Å². The highest BCUT2D eigenvalue weighted by Crippen LogP contribution is 2.22. The predicted molar refractivity (Wildman–Crippen MR) is 75.3 cm³/mol. The summed E-state index contributed by atoms with van der Waals surface area (Å²) >= 11 is 3.46. The van der Waals surface area contributed by atoms with Gasteiger partial charge in [-0.3, -0.25) is 0 Å². The van der Waals surface area contributed by atoms with Crippen LogP contribution in [0.15, 0.2) is 41.0 Å². The number of nitrogens with one attached hydrogen (secondary N) is 1. The Morgan fingerprint density at radius 2 is 2.17 bits per heavy atom. The average molecular weight is 308 g/mol. The monoisotopic (exact) mass is 307 g/mol. The van der Waals surface area contributed by atoms with Gasteiger partial charge in [0.2, 0.25) is 0 Å². The third kappa shape index (κ3) is 3.21. The summed E-state index contributed by atoms with van der Waals surface area (Å²) in [5.41, 5.74) is 4.67. The molecule has 1 aromatic carbocycles. The van der Waals surface area contributed by atoms with E-state index < -0.39 is 0 Å². The van der Waals surface area contributed by atoms with Crippen LogP contribution < -0.4 is 16.0 Å². The van der Waals surface area contributed by atoms with Crippen LogP contribution >= 0.6 is 15.9 Å². The van der Waals surface area contributed by atoms with Crippen LogP contribution in [0.2, 0.25) is 0 Å². The average Bonchev–Trinajstić information content (AvgIpc) is 2.40. The maximum Gasteiger partial charge on any atom is 0.140 e. The number of ether oxygens (including phenoxy) is 1. The Balaban J connectivity index is 2.04. The molecule has 4 nitrogen and oxygen atoms in total. The molecule has 5 heteroatoms. The fraction of sp³-hybridized carbons (Fsp3) is 0.154. The van der Waals surface area contributed by atoms with Gasteiger partial charge in [0.25, 0.3) is 0 Å². The van der Waals surface area contributed by atoms with Gasteiger partial charge in [0.1, 0.15) is 18.2 Å². The van der Waals surface area contributed by atoms with Crippen molar-refractivity contribution in [1.82, 2.24) is 4.98 Å². The van der Waals surface area contributed by atoms with Crippen molar-refractivity contribution in [3.8, 4) is 5.75 Å². The molecule has 94 valence electrons. The molecule has 0 fully saturated rings. The first-order chi connectivity index (χ1) is 8.69. The summed E-state index contributed by atoms with van der Waals surface area (Å²) in [4.78, 5) is 4.04. The van der Waals surface area contributed by atoms with E-state index in [2.05, 4.69) is 26.3 Å². The largest absolute Gasteiger partial charge is 0.489 e. The van der Waals surface area contributed by atoms with Gasteiger partial charge in [-0.05, 0) is 48.4 Å². The molecule has 3 N–H and O–H groups in total. The van der Waals surface area contributed by atoms with Crippen molar-refractivity contribution < 1.29 is 4.74 Å². The summed E-state index contributed by atoms with van der Waals surface area (Å²) in [6, 6.07) is 9.65. The number of hydrogen-bond acceptors (Lipinski definition) is 4. The molecule has 1 heterocycles. The van der Waals surface area contributed by atoms with Crippen LogP contribution in [0.4, 0.5) is 5.82 Å². The SMILES string of the molecule is Cc1cc(OCc2ccnc(NN)c2)ccc1Br. The number of benzene rings is 1. The lowest BCUT2D eigenvalue weighted by molar-refractivity contribution is 0.306. The fourth-order valence-corrected chi connectivity index (χ4v) is 1.76. The molecule has 2 rings (SSSR count). The molecule has 0 aliphatic carbocycles. The van der Waals surface area contributed by atoms with Crippen molar-refractivity contribution in [2.45, 2.75) is 13.5 Å². The van der Waals surface area contributed by atoms with Gasteiger partial charge in [-0.25, -0.2) is 10.8 Å². The number of halogens is 1. The van der Waals surface area contributed by atoms with E-state index in [4.69, 9.17) is 10.6 Å². The number of aromatic nitrogens is 1. The van der Waals surface area contributed by atoms with E-state index >= 15 is 0 Å². The third-order valence-electron chi connectivity index (χ3n) is 2.51. The highest BCUT2D eigenvalue weighted by atomic mass is 79.9. The Morgan fingerprint density at radius 3 is 2.89 bits per heavy atom. The van der Waals surface area contributed by atoms with Gasteiger partial charge < -0.3 is 10.2 Å². The quantitative estimate of drug-likeness (QED) is 0.673. The lowest BCUT2D eigenvalue weighted by atomic mass is 10.2. The molecule has 0 atom stereocenters. The molecule has 0 amide bonds. The van der Waals surface area contributed by atoms with Crippen LogP contribution in [0.5, 0.6) is 5.75 Å². The Labute approximate surface area is 114 Å². The Bertz CT molecular complexity index is 546. The third-order valence-corrected chi connectivity index (χ3v) is 3.40. The highest BCUT2D eigenvalue weighted by Gasteiger charge is 2.00. The van der Waals surface area contributed by atoms with Gasteiger partial charge in [-0.1, -0.05) is 15.9 Å². The van der Waals surface area contributed by atoms with Crippen LogP contribution in [0.1, 0.15) is 11.1 Å². The van der Waals surface area contributed by atoms with Crippen LogP contribution in [0.3, 0.4) is 0 Å². The zero-order valence-corrected chi connectivity index (χ0v) is 11.6. The van der Waals surface area contributed by atoms with Crippen molar-refractivity contribution in [2.24, 2.45) is 5.84 Å². The second kappa shape index (κ2) is 5.84. The highest BCUT2D eigenvalue weighted by molar-refractivity contribution is 9.10. The molecule has 0 unspecified atom stereocenters. The first-order valence-corrected chi connectivity index (χ1v) is 6.29. The lowest BCUT2D eigenvalue weighted by Gasteiger charge is -2.08. The first-order valence-electron chi connectivity index (χ1n) is 5.49. The van der Waals surface area contributed by atoms with Crippen LogP contribution in [0, 0.1) is 6.92 Å². The van der Waals surface area contributed by atoms with E-state index in [0.717, 1.165) is 21.3 Å². The zero-order valence-electron chi connectivity index (χ0n) is 9.98. The Kier molecular flexibility index (Phi) is 4.17. The molecule has 2 aromatic rings. The summed E-state index contributed by atoms with van der Waals surface area (Å²) in [6.45, 7) is 2.51. The van der Waals surface area contributed by atoms with Crippen LogP contribution in [0.25, 0.3) is 0 Å². The van der Waals surface area contributed by atoms with Gasteiger partial charge in [0.05, 0.1) is 0 Å². The molecule has 0 saturated heterocycles. The number of hydrogen-bond donors (Lipinski definition) is 2. The van der Waals surface area contributed by atoms with Gasteiger partial charge in [0.15, 0.2) is 0 Å². The standard InChI is InChI=1S/C13H14BrN3O/c1-9-6-11(2-3-12(9)14)18-8-10-4-5-16-13(7-10)17-15/h2-7H,8,15H2,1H3,(H,16,17). The summed E-state index contributed by atoms with van der Waals surface area (Å²) in [6.07, 6.45) is 1.70. The second-order valence-corrected chi connectivity index (χ2v) is 4.75. The molecular formula is C13H14BrN3O. The van der Waals surface area contributed by atoms with E-state index in [1.54, 1.807) is 6.20 Å². The number of aryl methyl sites for hydroxylation is 1. The number of anilines is 1. The maximum absolute atomic E-state index is 5.71. The summed E-state index contributed by atoms with van der Waals surface area (Å²) in [5.74, 6) is 6.77. The van der Waals surface area contributed by atoms with Crippen molar-refractivity contribution >= 4 is 21.7 Å². The van der Waals surface area contributed by atoms with Crippen molar-refractivity contribution in [3.05, 3.63) is 52.1 Å². The molecule has 1 aromatic heterocycles. The van der Waals surface area contributed by atoms with E-state index in [1.165, 1.54) is 0 Å². The smallest absolute Gasteiger partial charge is 0.140 e. The lowest BCUT2D eigenvalue weighted by Crippen LogP contribution is -2.09. The van der Waals surface area contributed by atoms with Crippen molar-refractivity contribution in [3.63, 3.8) is 0 Å². The summed E-state index contributed by atoms with van der Waals surface area (Å²) in [7, 11) is 0. The van der Waals surface area contributed by atoms with Crippen LogP contribution in [-0.2, 0) is 6.61 Å². The number of nitrogens with two attached hydrogens (primary N) is 1. The predicted octanol–water partition coefficient (Wildman–Crippen LogP) is 3.02. The van der Waals surface area contributed by atoms with Gasteiger partial charge in [-0.2, -0.15) is 0 Å². The minimum absolute atomic E-state index is 0.484. The number of rotatable bonds is 4. The normalized spacial score (nSPS) is 10.2. The minimum atomic E-state index is 0.484. The maximum atomic E-state index is 5.71. The number of hydrazine groups is 1. The van der Waals surface area contributed by atoms with Gasteiger partial charge in [0, 0.05) is 10.7 Å². The minimum Gasteiger partial charge on any atom is -0.489 e. The molecular weight excluding hydrogens is 294 g/mol. The molecule has 0 spiro atoms. The van der Waals surface area contributed by atoms with Gasteiger partial charge >= 0.3 is 0 Å². The topological polar surface area (TPSA) is 60.2 Å². The first kappa shape index (κ1) is 12.9. The summed E-state index contributed by atoms with van der Waals surface area (Å²) in [5, 5.41) is 0. The van der Waals surface area contributed by atoms with Crippen molar-refractivity contribution in [2.75, 3.05) is 5.43 Å². The molecule has 0 aliphatic heterocycles. The Morgan fingerprint density at radius 1 is 1.33 bits per heavy atom. The molecule has 0 saturated carbocycles. The van der Waals surface area contributed by atoms with E-state index in [9.17, 15) is 0 Å². The number of nitrogens with zero attached hydrogens (tertiary/aromatic N) is 1.